The third-order valence-corrected chi connectivity index (χ3v) is 3.65. The lowest BCUT2D eigenvalue weighted by atomic mass is 10.2. The minimum atomic E-state index is -0.310. The van der Waals surface area contributed by atoms with Crippen molar-refractivity contribution in [3.63, 3.8) is 0 Å². The molecule has 22 heavy (non-hydrogen) atoms. The number of nitrogens with one attached hydrogen (secondary N) is 1. The maximum Gasteiger partial charge on any atom is 0.292 e. The first-order valence-corrected chi connectivity index (χ1v) is 7.15. The lowest BCUT2D eigenvalue weighted by Gasteiger charge is -2.05. The number of hydrogen-bond acceptors (Lipinski definition) is 4. The first kappa shape index (κ1) is 14.5. The number of hydrogen-bond donors (Lipinski definition) is 1. The summed E-state index contributed by atoms with van der Waals surface area (Å²) < 4.78 is 6.89. The van der Waals surface area contributed by atoms with Gasteiger partial charge in [0, 0.05) is 6.61 Å². The van der Waals surface area contributed by atoms with Gasteiger partial charge >= 0.3 is 0 Å². The molecule has 3 aromatic rings. The number of nitrogens with zero attached hydrogens (tertiary/aromatic N) is 2. The molecule has 0 spiro atoms. The van der Waals surface area contributed by atoms with Gasteiger partial charge in [-0.1, -0.05) is 6.07 Å². The number of aromatic nitrogens is 3. The van der Waals surface area contributed by atoms with Gasteiger partial charge in [0.1, 0.15) is 12.3 Å². The van der Waals surface area contributed by atoms with E-state index in [-0.39, 0.29) is 29.3 Å². The van der Waals surface area contributed by atoms with Gasteiger partial charge in [-0.15, -0.1) is 0 Å². The van der Waals surface area contributed by atoms with Crippen LogP contribution in [0.5, 0.6) is 0 Å². The molecule has 0 saturated heterocycles. The molecule has 1 N–H and O–H groups in total. The molecule has 1 aromatic carbocycles. The van der Waals surface area contributed by atoms with Gasteiger partial charge in [-0.3, -0.25) is 14.0 Å². The molecule has 3 rings (SSSR count). The second-order valence-corrected chi connectivity index (χ2v) is 5.24. The summed E-state index contributed by atoms with van der Waals surface area (Å²) >= 11 is 0. The highest BCUT2D eigenvalue weighted by molar-refractivity contribution is 5.97. The Hall–Kier alpha value is -2.47. The van der Waals surface area contributed by atoms with Crippen molar-refractivity contribution in [1.29, 1.82) is 0 Å². The fourth-order valence-electron chi connectivity index (χ4n) is 2.59. The van der Waals surface area contributed by atoms with Crippen LogP contribution in [0.1, 0.15) is 28.7 Å². The minimum Gasteiger partial charge on any atom is -0.374 e. The highest BCUT2D eigenvalue weighted by atomic mass is 16.5. The topological polar surface area (TPSA) is 76.5 Å². The van der Waals surface area contributed by atoms with Crippen molar-refractivity contribution in [1.82, 2.24) is 14.4 Å². The predicted octanol–water partition coefficient (Wildman–Crippen LogP) is 2.01. The van der Waals surface area contributed by atoms with Gasteiger partial charge in [0.25, 0.3) is 5.56 Å². The van der Waals surface area contributed by atoms with E-state index >= 15 is 0 Å². The number of carbonyl (C=O) groups excluding carboxylic acids is 1. The van der Waals surface area contributed by atoms with E-state index in [0.717, 1.165) is 11.1 Å². The summed E-state index contributed by atoms with van der Waals surface area (Å²) in [5.41, 5.74) is 3.47. The molecule has 114 valence electrons. The molecule has 0 aliphatic heterocycles. The van der Waals surface area contributed by atoms with Crippen LogP contribution in [0.3, 0.4) is 0 Å². The molecule has 0 aliphatic rings. The third kappa shape index (κ3) is 2.21. The van der Waals surface area contributed by atoms with Gasteiger partial charge in [-0.25, -0.2) is 4.98 Å². The smallest absolute Gasteiger partial charge is 0.292 e. The first-order valence-electron chi connectivity index (χ1n) is 7.15. The molecule has 0 fully saturated rings. The van der Waals surface area contributed by atoms with Crippen molar-refractivity contribution < 1.29 is 9.53 Å². The molecule has 0 unspecified atom stereocenters. The molecule has 0 aliphatic carbocycles. The van der Waals surface area contributed by atoms with Crippen LogP contribution in [0.2, 0.25) is 0 Å². The summed E-state index contributed by atoms with van der Waals surface area (Å²) in [6.07, 6.45) is 0. The van der Waals surface area contributed by atoms with Crippen LogP contribution in [-0.4, -0.2) is 33.4 Å². The third-order valence-electron chi connectivity index (χ3n) is 3.65. The van der Waals surface area contributed by atoms with Gasteiger partial charge in [0.05, 0.1) is 16.7 Å². The number of imidazole rings is 1. The van der Waals surface area contributed by atoms with E-state index in [2.05, 4.69) is 9.97 Å². The molecule has 0 saturated carbocycles. The molecule has 2 aromatic heterocycles. The summed E-state index contributed by atoms with van der Waals surface area (Å²) in [7, 11) is 0. The van der Waals surface area contributed by atoms with Crippen molar-refractivity contribution >= 4 is 22.5 Å². The zero-order chi connectivity index (χ0) is 15.9. The minimum absolute atomic E-state index is 0.0317. The summed E-state index contributed by atoms with van der Waals surface area (Å²) in [4.78, 5) is 31.4. The van der Waals surface area contributed by atoms with Gasteiger partial charge in [-0.2, -0.15) is 0 Å². The average Bonchev–Trinajstić information content (AvgIpc) is 2.84. The Morgan fingerprint density at radius 1 is 1.36 bits per heavy atom. The van der Waals surface area contributed by atoms with Crippen LogP contribution < -0.4 is 5.56 Å². The molecule has 0 amide bonds. The first-order chi connectivity index (χ1) is 10.5. The second kappa shape index (κ2) is 5.38. The van der Waals surface area contributed by atoms with Crippen molar-refractivity contribution in [3.8, 4) is 0 Å². The summed E-state index contributed by atoms with van der Waals surface area (Å²) in [5.74, 6) is -0.219. The number of ketones is 1. The van der Waals surface area contributed by atoms with Crippen LogP contribution in [0.25, 0.3) is 16.7 Å². The molecular weight excluding hydrogens is 282 g/mol. The Morgan fingerprint density at radius 2 is 2.14 bits per heavy atom. The quantitative estimate of drug-likeness (QED) is 0.748. The van der Waals surface area contributed by atoms with E-state index in [9.17, 15) is 9.59 Å². The second-order valence-electron chi connectivity index (χ2n) is 5.24. The number of H-pyrrole nitrogens is 1. The summed E-state index contributed by atoms with van der Waals surface area (Å²) in [6, 6.07) is 5.74. The Morgan fingerprint density at radius 3 is 2.86 bits per heavy atom. The lowest BCUT2D eigenvalue weighted by molar-refractivity contribution is 0.0778. The fourth-order valence-corrected chi connectivity index (χ4v) is 2.59. The van der Waals surface area contributed by atoms with Crippen LogP contribution in [0.4, 0.5) is 0 Å². The standard InChI is InChI=1S/C16H17N3O3/c1-4-22-8-13(20)14-10(3)19-12-7-9(2)5-6-11(12)17-16(21)15(19)18-14/h5-7H,4,8H2,1-3H3,(H,17,21). The monoisotopic (exact) mass is 299 g/mol. The number of ether oxygens (including phenoxy) is 1. The molecular formula is C16H17N3O3. The zero-order valence-electron chi connectivity index (χ0n) is 12.8. The number of rotatable bonds is 4. The van der Waals surface area contributed by atoms with Gasteiger partial charge in [-0.05, 0) is 38.5 Å². The number of fused-ring (bicyclic) bond motifs is 3. The van der Waals surface area contributed by atoms with E-state index in [1.54, 1.807) is 11.3 Å². The fraction of sp³-hybridized carbons (Fsp3) is 0.312. The molecule has 0 atom stereocenters. The van der Waals surface area contributed by atoms with Crippen LogP contribution in [0.15, 0.2) is 23.0 Å². The van der Waals surface area contributed by atoms with Crippen LogP contribution >= 0.6 is 0 Å². The van der Waals surface area contributed by atoms with E-state index in [1.165, 1.54) is 0 Å². The zero-order valence-corrected chi connectivity index (χ0v) is 12.8. The van der Waals surface area contributed by atoms with E-state index in [0.29, 0.717) is 17.8 Å². The summed E-state index contributed by atoms with van der Waals surface area (Å²) in [5, 5.41) is 0. The molecule has 0 radical (unpaired) electrons. The van der Waals surface area contributed by atoms with Gasteiger partial charge < -0.3 is 9.72 Å². The highest BCUT2D eigenvalue weighted by Crippen LogP contribution is 2.18. The Bertz CT molecular complexity index is 937. The van der Waals surface area contributed by atoms with Crippen LogP contribution in [-0.2, 0) is 4.74 Å². The number of aromatic amines is 1. The van der Waals surface area contributed by atoms with Crippen molar-refractivity contribution in [2.45, 2.75) is 20.8 Å². The van der Waals surface area contributed by atoms with Crippen LogP contribution in [0, 0.1) is 13.8 Å². The molecule has 6 nitrogen and oxygen atoms in total. The Kier molecular flexibility index (Phi) is 3.54. The number of Topliss-reactive ketones (excluding diaryl/α,β-unsaturated/α-hetero) is 1. The maximum atomic E-state index is 12.2. The largest absolute Gasteiger partial charge is 0.374 e. The number of carbonyl (C=O) groups is 1. The highest BCUT2D eigenvalue weighted by Gasteiger charge is 2.19. The van der Waals surface area contributed by atoms with E-state index in [1.807, 2.05) is 32.0 Å². The van der Waals surface area contributed by atoms with Crippen molar-refractivity contribution in [2.24, 2.45) is 0 Å². The van der Waals surface area contributed by atoms with Gasteiger partial charge in [0.2, 0.25) is 11.4 Å². The molecule has 2 heterocycles. The number of benzene rings is 1. The Balaban J connectivity index is 2.31. The SMILES string of the molecule is CCOCC(=O)c1nc2c(=O)[nH]c3ccc(C)cc3n2c1C. The van der Waals surface area contributed by atoms with E-state index in [4.69, 9.17) is 4.74 Å². The average molecular weight is 299 g/mol. The molecule has 0 bridgehead atoms. The maximum absolute atomic E-state index is 12.2. The van der Waals surface area contributed by atoms with Crippen molar-refractivity contribution in [2.75, 3.05) is 13.2 Å². The van der Waals surface area contributed by atoms with Crippen molar-refractivity contribution in [3.05, 3.63) is 45.5 Å². The van der Waals surface area contributed by atoms with E-state index < -0.39 is 0 Å². The van der Waals surface area contributed by atoms with Gasteiger partial charge in [0.15, 0.2) is 0 Å². The predicted molar refractivity (Wildman–Crippen MR) is 83.6 cm³/mol. The Labute approximate surface area is 126 Å². The lowest BCUT2D eigenvalue weighted by Crippen LogP contribution is -2.11. The molecule has 6 heteroatoms. The normalized spacial score (nSPS) is 11.4. The summed E-state index contributed by atoms with van der Waals surface area (Å²) in [6.45, 7) is 6.02. The number of aryl methyl sites for hydroxylation is 2.